The summed E-state index contributed by atoms with van der Waals surface area (Å²) < 4.78 is 5.91. The maximum atomic E-state index is 5.94. The highest BCUT2D eigenvalue weighted by Crippen LogP contribution is 2.21. The summed E-state index contributed by atoms with van der Waals surface area (Å²) in [5.41, 5.74) is 0. The summed E-state index contributed by atoms with van der Waals surface area (Å²) in [5.74, 6) is 0.875. The fourth-order valence-corrected chi connectivity index (χ4v) is 3.14. The first-order valence-corrected chi connectivity index (χ1v) is 9.29. The fourth-order valence-electron chi connectivity index (χ4n) is 2.06. The Labute approximate surface area is 172 Å². The molecule has 0 radical (unpaired) electrons. The Morgan fingerprint density at radius 1 is 1.33 bits per heavy atom. The number of hydrogen-bond donors (Lipinski definition) is 2. The molecule has 0 amide bonds. The summed E-state index contributed by atoms with van der Waals surface area (Å²) >= 11 is 7.58. The number of guanidine groups is 1. The van der Waals surface area contributed by atoms with Crippen LogP contribution in [0, 0.1) is 0 Å². The second-order valence-corrected chi connectivity index (χ2v) is 7.09. The molecule has 0 atom stereocenters. The van der Waals surface area contributed by atoms with E-state index in [0.717, 1.165) is 62.5 Å². The molecule has 1 rings (SSSR count). The van der Waals surface area contributed by atoms with Crippen LogP contribution in [0.15, 0.2) is 17.1 Å². The van der Waals surface area contributed by atoms with Gasteiger partial charge in [0.2, 0.25) is 0 Å². The van der Waals surface area contributed by atoms with Gasteiger partial charge in [-0.2, -0.15) is 0 Å². The monoisotopic (exact) mass is 488 g/mol. The van der Waals surface area contributed by atoms with E-state index < -0.39 is 0 Å². The van der Waals surface area contributed by atoms with Crippen LogP contribution in [0.2, 0.25) is 4.34 Å². The van der Waals surface area contributed by atoms with Crippen LogP contribution in [0.3, 0.4) is 0 Å². The predicted octanol–water partition coefficient (Wildman–Crippen LogP) is 3.09. The number of halogens is 2. The molecule has 0 aromatic carbocycles. The average molecular weight is 489 g/mol. The highest BCUT2D eigenvalue weighted by molar-refractivity contribution is 14.0. The van der Waals surface area contributed by atoms with Gasteiger partial charge in [0, 0.05) is 44.8 Å². The minimum atomic E-state index is 0. The van der Waals surface area contributed by atoms with Crippen LogP contribution in [0.5, 0.6) is 0 Å². The highest BCUT2D eigenvalue weighted by atomic mass is 127. The standard InChI is InChI=1S/C16H29ClN4OS.HI/c1-4-18-16(19-9-8-14-6-7-15(17)23-14)20-10-12-21(2)11-5-13-22-3;/h6-7H,4-5,8-13H2,1-3H3,(H2,18,19,20);1H. The summed E-state index contributed by atoms with van der Waals surface area (Å²) in [6, 6.07) is 4.02. The Morgan fingerprint density at radius 2 is 2.12 bits per heavy atom. The van der Waals surface area contributed by atoms with Gasteiger partial charge in [-0.15, -0.1) is 35.3 Å². The first-order valence-electron chi connectivity index (χ1n) is 8.09. The molecule has 1 aromatic heterocycles. The van der Waals surface area contributed by atoms with Crippen LogP contribution in [-0.4, -0.2) is 64.3 Å². The SMILES string of the molecule is CCNC(=NCCN(C)CCCOC)NCCc1ccc(Cl)s1.I. The number of ether oxygens (including phenoxy) is 1. The molecule has 1 heterocycles. The first kappa shape index (κ1) is 23.9. The molecule has 0 aliphatic rings. The normalized spacial score (nSPS) is 11.5. The van der Waals surface area contributed by atoms with E-state index >= 15 is 0 Å². The third kappa shape index (κ3) is 11.5. The maximum Gasteiger partial charge on any atom is 0.191 e. The first-order chi connectivity index (χ1) is 11.2. The summed E-state index contributed by atoms with van der Waals surface area (Å²) in [4.78, 5) is 8.18. The van der Waals surface area contributed by atoms with Crippen LogP contribution >= 0.6 is 46.9 Å². The minimum Gasteiger partial charge on any atom is -0.385 e. The zero-order valence-electron chi connectivity index (χ0n) is 14.8. The van der Waals surface area contributed by atoms with Gasteiger partial charge in [-0.05, 0) is 38.9 Å². The number of methoxy groups -OCH3 is 1. The number of nitrogens with zero attached hydrogens (tertiary/aromatic N) is 2. The molecule has 0 aliphatic heterocycles. The van der Waals surface area contributed by atoms with Crippen molar-refractivity contribution in [2.24, 2.45) is 4.99 Å². The number of hydrogen-bond acceptors (Lipinski definition) is 4. The zero-order valence-corrected chi connectivity index (χ0v) is 18.7. The molecule has 0 unspecified atom stereocenters. The molecule has 0 saturated carbocycles. The van der Waals surface area contributed by atoms with Crippen LogP contribution in [0.4, 0.5) is 0 Å². The van der Waals surface area contributed by atoms with Crippen molar-refractivity contribution in [3.63, 3.8) is 0 Å². The minimum absolute atomic E-state index is 0. The molecule has 2 N–H and O–H groups in total. The second-order valence-electron chi connectivity index (χ2n) is 5.29. The van der Waals surface area contributed by atoms with Crippen molar-refractivity contribution >= 4 is 52.9 Å². The van der Waals surface area contributed by atoms with Gasteiger partial charge < -0.3 is 20.3 Å². The van der Waals surface area contributed by atoms with E-state index in [1.54, 1.807) is 18.4 Å². The number of rotatable bonds is 11. The van der Waals surface area contributed by atoms with Crippen LogP contribution in [0.25, 0.3) is 0 Å². The van der Waals surface area contributed by atoms with Gasteiger partial charge in [0.25, 0.3) is 0 Å². The van der Waals surface area contributed by atoms with E-state index in [1.165, 1.54) is 4.88 Å². The Bertz CT molecular complexity index is 459. The van der Waals surface area contributed by atoms with Gasteiger partial charge >= 0.3 is 0 Å². The van der Waals surface area contributed by atoms with Crippen molar-refractivity contribution < 1.29 is 4.74 Å². The number of thiophene rings is 1. The molecule has 0 saturated heterocycles. The van der Waals surface area contributed by atoms with Gasteiger partial charge in [-0.1, -0.05) is 11.6 Å². The van der Waals surface area contributed by atoms with Crippen LogP contribution < -0.4 is 10.6 Å². The third-order valence-corrected chi connectivity index (χ3v) is 4.57. The van der Waals surface area contributed by atoms with E-state index in [9.17, 15) is 0 Å². The van der Waals surface area contributed by atoms with E-state index in [-0.39, 0.29) is 24.0 Å². The van der Waals surface area contributed by atoms with Crippen LogP contribution in [-0.2, 0) is 11.2 Å². The van der Waals surface area contributed by atoms with Gasteiger partial charge in [-0.3, -0.25) is 4.99 Å². The molecule has 0 fully saturated rings. The zero-order chi connectivity index (χ0) is 16.9. The molecule has 5 nitrogen and oxygen atoms in total. The Balaban J connectivity index is 0.00000529. The molecule has 1 aromatic rings. The van der Waals surface area contributed by atoms with Crippen molar-refractivity contribution in [2.75, 3.05) is 53.5 Å². The lowest BCUT2D eigenvalue weighted by molar-refractivity contribution is 0.180. The van der Waals surface area contributed by atoms with Gasteiger partial charge in [-0.25, -0.2) is 0 Å². The molecular weight excluding hydrogens is 459 g/mol. The lowest BCUT2D eigenvalue weighted by atomic mass is 10.3. The van der Waals surface area contributed by atoms with Crippen molar-refractivity contribution in [1.82, 2.24) is 15.5 Å². The quantitative estimate of drug-likeness (QED) is 0.218. The highest BCUT2D eigenvalue weighted by Gasteiger charge is 2.01. The average Bonchev–Trinajstić information content (AvgIpc) is 2.93. The topological polar surface area (TPSA) is 48.9 Å². The number of likely N-dealkylation sites (N-methyl/N-ethyl adjacent to an activating group) is 1. The van der Waals surface area contributed by atoms with Crippen LogP contribution in [0.1, 0.15) is 18.2 Å². The molecule has 0 aliphatic carbocycles. The molecule has 24 heavy (non-hydrogen) atoms. The smallest absolute Gasteiger partial charge is 0.191 e. The molecule has 8 heteroatoms. The van der Waals surface area contributed by atoms with Crippen molar-refractivity contribution in [1.29, 1.82) is 0 Å². The molecule has 0 spiro atoms. The van der Waals surface area contributed by atoms with Crippen molar-refractivity contribution in [2.45, 2.75) is 19.8 Å². The lowest BCUT2D eigenvalue weighted by Crippen LogP contribution is -2.38. The number of nitrogens with one attached hydrogen (secondary N) is 2. The fraction of sp³-hybridized carbons (Fsp3) is 0.688. The summed E-state index contributed by atoms with van der Waals surface area (Å²) in [6.07, 6.45) is 2.01. The summed E-state index contributed by atoms with van der Waals surface area (Å²) in [5, 5.41) is 6.65. The molecular formula is C16H30ClIN4OS. The Hall–Kier alpha value is -0.0900. The largest absolute Gasteiger partial charge is 0.385 e. The Kier molecular flexibility index (Phi) is 15.1. The summed E-state index contributed by atoms with van der Waals surface area (Å²) in [6.45, 7) is 7.36. The van der Waals surface area contributed by atoms with Gasteiger partial charge in [0.05, 0.1) is 10.9 Å². The maximum absolute atomic E-state index is 5.94. The van der Waals surface area contributed by atoms with Gasteiger partial charge in [0.1, 0.15) is 0 Å². The van der Waals surface area contributed by atoms with E-state index in [1.807, 2.05) is 6.07 Å². The van der Waals surface area contributed by atoms with Crippen molar-refractivity contribution in [3.05, 3.63) is 21.3 Å². The lowest BCUT2D eigenvalue weighted by Gasteiger charge is -2.16. The number of aliphatic imine (C=N–C) groups is 1. The second kappa shape index (κ2) is 15.2. The molecule has 140 valence electrons. The predicted molar refractivity (Wildman–Crippen MR) is 116 cm³/mol. The van der Waals surface area contributed by atoms with E-state index in [4.69, 9.17) is 16.3 Å². The van der Waals surface area contributed by atoms with Gasteiger partial charge in [0.15, 0.2) is 5.96 Å². The van der Waals surface area contributed by atoms with Crippen molar-refractivity contribution in [3.8, 4) is 0 Å². The molecule has 0 bridgehead atoms. The third-order valence-electron chi connectivity index (χ3n) is 3.28. The van der Waals surface area contributed by atoms with E-state index in [0.29, 0.717) is 0 Å². The Morgan fingerprint density at radius 3 is 2.75 bits per heavy atom. The summed E-state index contributed by atoms with van der Waals surface area (Å²) in [7, 11) is 3.86. The van der Waals surface area contributed by atoms with E-state index in [2.05, 4.69) is 40.6 Å².